The molecule has 1 rings (SSSR count). The molecular weight excluding hydrogens is 136 g/mol. The van der Waals surface area contributed by atoms with Crippen LogP contribution in [0.3, 0.4) is 0 Å². The maximum Gasteiger partial charge on any atom is 0.242 e. The summed E-state index contributed by atoms with van der Waals surface area (Å²) in [7, 11) is 0. The van der Waals surface area contributed by atoms with Crippen molar-refractivity contribution in [3.8, 4) is 6.07 Å². The maximum atomic E-state index is 8.50. The second-order valence-corrected chi connectivity index (χ2v) is 2.62. The first-order chi connectivity index (χ1) is 4.33. The average molecular weight is 142 g/mol. The third kappa shape index (κ3) is 1.00. The second kappa shape index (κ2) is 2.27. The molecule has 1 aliphatic heterocycles. The van der Waals surface area contributed by atoms with Gasteiger partial charge in [-0.2, -0.15) is 5.26 Å². The van der Waals surface area contributed by atoms with Crippen molar-refractivity contribution in [1.82, 2.24) is 10.7 Å². The summed E-state index contributed by atoms with van der Waals surface area (Å²) < 4.78 is 0. The molecule has 0 fully saturated rings. The van der Waals surface area contributed by atoms with Gasteiger partial charge in [-0.15, -0.1) is 0 Å². The van der Waals surface area contributed by atoms with Crippen LogP contribution >= 0.6 is 11.8 Å². The lowest BCUT2D eigenvalue weighted by Crippen LogP contribution is -2.52. The monoisotopic (exact) mass is 142 g/mol. The van der Waals surface area contributed by atoms with Gasteiger partial charge in [0.1, 0.15) is 6.07 Å². The van der Waals surface area contributed by atoms with Crippen LogP contribution < -0.4 is 16.6 Å². The van der Waals surface area contributed by atoms with E-state index in [-0.39, 0.29) is 0 Å². The Morgan fingerprint density at radius 3 is 2.89 bits per heavy atom. The average Bonchev–Trinajstić information content (AvgIpc) is 2.36. The highest BCUT2D eigenvalue weighted by Gasteiger charge is 2.29. The maximum absolute atomic E-state index is 8.50. The molecule has 1 aliphatic rings. The molecule has 0 saturated heterocycles. The number of nitriles is 1. The van der Waals surface area contributed by atoms with Gasteiger partial charge in [-0.05, 0) is 5.41 Å². The molecule has 48 valence electrons. The summed E-state index contributed by atoms with van der Waals surface area (Å²) in [5.41, 5.74) is 2.36. The molecule has 0 aromatic heterocycles. The number of rotatable bonds is 1. The van der Waals surface area contributed by atoms with Crippen molar-refractivity contribution in [2.45, 2.75) is 4.99 Å². The lowest BCUT2D eigenvalue weighted by atomic mass is 10.5. The van der Waals surface area contributed by atoms with Gasteiger partial charge in [0, 0.05) is 6.20 Å². The lowest BCUT2D eigenvalue weighted by molar-refractivity contribution is 0.541. The first-order valence-corrected chi connectivity index (χ1v) is 3.20. The summed E-state index contributed by atoms with van der Waals surface area (Å²) >= 11 is 1.30. The van der Waals surface area contributed by atoms with Crippen LogP contribution in [0.2, 0.25) is 0 Å². The Bertz CT molecular complexity index is 162. The van der Waals surface area contributed by atoms with Gasteiger partial charge in [-0.25, -0.2) is 5.43 Å². The number of nitrogens with two attached hydrogens (primary N) is 1. The van der Waals surface area contributed by atoms with Gasteiger partial charge in [-0.1, -0.05) is 11.8 Å². The quantitative estimate of drug-likeness (QED) is 0.338. The SMILES string of the molecule is N#CC1(NN)NC=CS1. The molecular formula is C4H6N4S. The van der Waals surface area contributed by atoms with E-state index in [0.29, 0.717) is 0 Å². The molecule has 0 aromatic carbocycles. The van der Waals surface area contributed by atoms with Crippen LogP contribution in [0.4, 0.5) is 0 Å². The van der Waals surface area contributed by atoms with Crippen molar-refractivity contribution in [1.29, 1.82) is 5.26 Å². The molecule has 0 spiro atoms. The highest BCUT2D eigenvalue weighted by atomic mass is 32.2. The minimum Gasteiger partial charge on any atom is -0.351 e. The molecule has 0 aliphatic carbocycles. The Hall–Kier alpha value is -0.700. The van der Waals surface area contributed by atoms with Gasteiger partial charge < -0.3 is 5.32 Å². The van der Waals surface area contributed by atoms with Crippen molar-refractivity contribution in [3.05, 3.63) is 11.6 Å². The summed E-state index contributed by atoms with van der Waals surface area (Å²) in [6, 6.07) is 1.98. The molecule has 1 heterocycles. The largest absolute Gasteiger partial charge is 0.351 e. The molecule has 0 amide bonds. The molecule has 9 heavy (non-hydrogen) atoms. The van der Waals surface area contributed by atoms with Crippen molar-refractivity contribution < 1.29 is 0 Å². The second-order valence-electron chi connectivity index (χ2n) is 1.50. The smallest absolute Gasteiger partial charge is 0.242 e. The van der Waals surface area contributed by atoms with E-state index in [1.165, 1.54) is 11.8 Å². The molecule has 1 atom stereocenters. The van der Waals surface area contributed by atoms with Crippen molar-refractivity contribution in [2.24, 2.45) is 5.84 Å². The fourth-order valence-electron chi connectivity index (χ4n) is 0.488. The Morgan fingerprint density at radius 1 is 1.89 bits per heavy atom. The van der Waals surface area contributed by atoms with E-state index in [9.17, 15) is 0 Å². The van der Waals surface area contributed by atoms with Gasteiger partial charge in [0.15, 0.2) is 0 Å². The summed E-state index contributed by atoms with van der Waals surface area (Å²) in [5, 5.41) is 13.0. The first kappa shape index (κ1) is 6.42. The summed E-state index contributed by atoms with van der Waals surface area (Å²) in [6.45, 7) is 0. The van der Waals surface area contributed by atoms with Gasteiger partial charge in [0.25, 0.3) is 0 Å². The van der Waals surface area contributed by atoms with Crippen LogP contribution in [-0.4, -0.2) is 4.99 Å². The summed E-state index contributed by atoms with van der Waals surface area (Å²) in [4.78, 5) is -0.833. The molecule has 0 bridgehead atoms. The third-order valence-electron chi connectivity index (χ3n) is 0.960. The van der Waals surface area contributed by atoms with Gasteiger partial charge in [-0.3, -0.25) is 5.84 Å². The van der Waals surface area contributed by atoms with Crippen LogP contribution in [0, 0.1) is 11.3 Å². The standard InChI is InChI=1S/C4H6N4S/c5-3-4(8-6)7-1-2-9-4/h1-2,7-8H,6H2. The fraction of sp³-hybridized carbons (Fsp3) is 0.250. The van der Waals surface area contributed by atoms with Crippen LogP contribution in [0.15, 0.2) is 11.6 Å². The zero-order valence-corrected chi connectivity index (χ0v) is 5.40. The highest BCUT2D eigenvalue weighted by Crippen LogP contribution is 2.23. The summed E-state index contributed by atoms with van der Waals surface area (Å²) in [5.74, 6) is 5.08. The zero-order chi connectivity index (χ0) is 6.74. The van der Waals surface area contributed by atoms with E-state index in [1.54, 1.807) is 11.6 Å². The normalized spacial score (nSPS) is 31.6. The van der Waals surface area contributed by atoms with E-state index in [0.717, 1.165) is 0 Å². The number of hydrogen-bond acceptors (Lipinski definition) is 5. The van der Waals surface area contributed by atoms with Crippen molar-refractivity contribution in [3.63, 3.8) is 0 Å². The minimum atomic E-state index is -0.833. The third-order valence-corrected chi connectivity index (χ3v) is 1.91. The van der Waals surface area contributed by atoms with Gasteiger partial charge in [0.05, 0.1) is 0 Å². The number of nitrogens with one attached hydrogen (secondary N) is 2. The van der Waals surface area contributed by atoms with Crippen LogP contribution in [-0.2, 0) is 0 Å². The molecule has 5 heteroatoms. The molecule has 0 aromatic rings. The Morgan fingerprint density at radius 2 is 2.67 bits per heavy atom. The number of hydrogen-bond donors (Lipinski definition) is 3. The Kier molecular flexibility index (Phi) is 1.62. The Balaban J connectivity index is 2.64. The number of thioether (sulfide) groups is 1. The van der Waals surface area contributed by atoms with Crippen molar-refractivity contribution >= 4 is 11.8 Å². The van der Waals surface area contributed by atoms with E-state index >= 15 is 0 Å². The van der Waals surface area contributed by atoms with E-state index in [2.05, 4.69) is 10.7 Å². The zero-order valence-electron chi connectivity index (χ0n) is 4.59. The molecule has 0 radical (unpaired) electrons. The number of nitrogens with zero attached hydrogens (tertiary/aromatic N) is 1. The molecule has 4 nitrogen and oxygen atoms in total. The van der Waals surface area contributed by atoms with E-state index in [1.807, 2.05) is 6.07 Å². The Labute approximate surface area is 57.1 Å². The van der Waals surface area contributed by atoms with Crippen LogP contribution in [0.5, 0.6) is 0 Å². The fourth-order valence-corrected chi connectivity index (χ4v) is 1.09. The minimum absolute atomic E-state index is 0.833. The van der Waals surface area contributed by atoms with Gasteiger partial charge in [0.2, 0.25) is 4.99 Å². The lowest BCUT2D eigenvalue weighted by Gasteiger charge is -2.17. The molecule has 1 unspecified atom stereocenters. The van der Waals surface area contributed by atoms with E-state index < -0.39 is 4.99 Å². The van der Waals surface area contributed by atoms with Crippen LogP contribution in [0.1, 0.15) is 0 Å². The van der Waals surface area contributed by atoms with Gasteiger partial charge >= 0.3 is 0 Å². The first-order valence-electron chi connectivity index (χ1n) is 2.32. The number of hydrazine groups is 1. The topological polar surface area (TPSA) is 73.9 Å². The molecule has 4 N–H and O–H groups in total. The summed E-state index contributed by atoms with van der Waals surface area (Å²) in [6.07, 6.45) is 1.67. The van der Waals surface area contributed by atoms with Crippen LogP contribution in [0.25, 0.3) is 0 Å². The molecule has 0 saturated carbocycles. The highest BCUT2D eigenvalue weighted by molar-refractivity contribution is 8.03. The van der Waals surface area contributed by atoms with Crippen molar-refractivity contribution in [2.75, 3.05) is 0 Å². The predicted molar refractivity (Wildman–Crippen MR) is 35.5 cm³/mol. The van der Waals surface area contributed by atoms with E-state index in [4.69, 9.17) is 11.1 Å². The predicted octanol–water partition coefficient (Wildman–Crippen LogP) is -0.565.